The zero-order valence-corrected chi connectivity index (χ0v) is 13.1. The van der Waals surface area contributed by atoms with Crippen molar-refractivity contribution in [2.45, 2.75) is 38.4 Å². The van der Waals surface area contributed by atoms with Crippen LogP contribution in [0.3, 0.4) is 0 Å². The zero-order chi connectivity index (χ0) is 15.1. The Hall–Kier alpha value is -1.12. The highest BCUT2D eigenvalue weighted by Gasteiger charge is 2.61. The molecule has 2 heteroatoms. The highest BCUT2D eigenvalue weighted by atomic mass is 16.7. The van der Waals surface area contributed by atoms with Crippen LogP contribution in [0.2, 0.25) is 0 Å². The molecule has 0 aromatic carbocycles. The van der Waals surface area contributed by atoms with Crippen molar-refractivity contribution in [2.75, 3.05) is 13.2 Å². The molecule has 21 heavy (non-hydrogen) atoms. The van der Waals surface area contributed by atoms with E-state index in [4.69, 9.17) is 9.47 Å². The summed E-state index contributed by atoms with van der Waals surface area (Å²) in [4.78, 5) is 0. The van der Waals surface area contributed by atoms with Gasteiger partial charge in [0.2, 0.25) is 0 Å². The van der Waals surface area contributed by atoms with E-state index < -0.39 is 5.79 Å². The van der Waals surface area contributed by atoms with E-state index in [1.165, 1.54) is 11.1 Å². The molecule has 3 aliphatic rings. The van der Waals surface area contributed by atoms with Gasteiger partial charge in [-0.25, -0.2) is 0 Å². The summed E-state index contributed by atoms with van der Waals surface area (Å²) in [5.74, 6) is 0.344. The number of ether oxygens (including phenoxy) is 2. The first-order chi connectivity index (χ1) is 10.0. The van der Waals surface area contributed by atoms with Crippen molar-refractivity contribution >= 4 is 0 Å². The molecule has 1 saturated heterocycles. The van der Waals surface area contributed by atoms with Crippen LogP contribution in [0.5, 0.6) is 0 Å². The maximum atomic E-state index is 6.07. The number of fused-ring (bicyclic) bond motifs is 3. The molecule has 2 aliphatic carbocycles. The summed E-state index contributed by atoms with van der Waals surface area (Å²) in [6, 6.07) is 0. The molecule has 0 aromatic heterocycles. The van der Waals surface area contributed by atoms with Gasteiger partial charge >= 0.3 is 0 Å². The third-order valence-corrected chi connectivity index (χ3v) is 5.61. The largest absolute Gasteiger partial charge is 0.347 e. The molecule has 0 N–H and O–H groups in total. The maximum Gasteiger partial charge on any atom is 0.175 e. The van der Waals surface area contributed by atoms with E-state index in [1.807, 2.05) is 12.2 Å². The predicted molar refractivity (Wildman–Crippen MR) is 85.8 cm³/mol. The number of allylic oxidation sites excluding steroid dienone is 4. The molecule has 114 valence electrons. The molecule has 2 saturated carbocycles. The quantitative estimate of drug-likeness (QED) is 0.563. The first-order valence-corrected chi connectivity index (χ1v) is 7.91. The van der Waals surface area contributed by atoms with E-state index in [2.05, 4.69) is 32.7 Å². The van der Waals surface area contributed by atoms with Crippen molar-refractivity contribution in [3.05, 3.63) is 49.1 Å². The lowest BCUT2D eigenvalue weighted by Crippen LogP contribution is -2.48. The molecule has 0 unspecified atom stereocenters. The molecule has 3 fully saturated rings. The lowest BCUT2D eigenvalue weighted by atomic mass is 9.62. The highest BCUT2D eigenvalue weighted by Crippen LogP contribution is 2.64. The lowest BCUT2D eigenvalue weighted by molar-refractivity contribution is -0.218. The normalized spacial score (nSPS) is 37.5. The summed E-state index contributed by atoms with van der Waals surface area (Å²) in [6.45, 7) is 15.9. The van der Waals surface area contributed by atoms with Crippen LogP contribution >= 0.6 is 0 Å². The third kappa shape index (κ3) is 2.25. The minimum absolute atomic E-state index is 0.244. The van der Waals surface area contributed by atoms with Crippen LogP contribution in [-0.2, 0) is 9.47 Å². The molecule has 2 bridgehead atoms. The molecular weight excluding hydrogens is 260 g/mol. The van der Waals surface area contributed by atoms with Crippen LogP contribution in [0, 0.1) is 17.3 Å². The smallest absolute Gasteiger partial charge is 0.175 e. The van der Waals surface area contributed by atoms with Gasteiger partial charge in [-0.3, -0.25) is 0 Å². The minimum Gasteiger partial charge on any atom is -0.347 e. The second-order valence-corrected chi connectivity index (χ2v) is 6.93. The summed E-state index contributed by atoms with van der Waals surface area (Å²) in [5.41, 5.74) is 2.79. The van der Waals surface area contributed by atoms with Crippen molar-refractivity contribution in [3.8, 4) is 0 Å². The van der Waals surface area contributed by atoms with Crippen LogP contribution in [0.1, 0.15) is 32.6 Å². The summed E-state index contributed by atoms with van der Waals surface area (Å²) in [6.07, 6.45) is 10.3. The van der Waals surface area contributed by atoms with E-state index in [-0.39, 0.29) is 5.41 Å². The molecule has 0 radical (unpaired) electrons. The van der Waals surface area contributed by atoms with Gasteiger partial charge in [0, 0.05) is 12.3 Å². The van der Waals surface area contributed by atoms with Gasteiger partial charge in [-0.2, -0.15) is 0 Å². The number of hydrogen-bond donors (Lipinski definition) is 0. The third-order valence-electron chi connectivity index (χ3n) is 5.61. The van der Waals surface area contributed by atoms with Crippen LogP contribution < -0.4 is 0 Å². The lowest BCUT2D eigenvalue weighted by Gasteiger charge is -2.48. The Labute approximate surface area is 128 Å². The van der Waals surface area contributed by atoms with E-state index in [1.54, 1.807) is 0 Å². The van der Waals surface area contributed by atoms with E-state index in [0.717, 1.165) is 25.7 Å². The first kappa shape index (κ1) is 14.8. The van der Waals surface area contributed by atoms with Gasteiger partial charge in [0.25, 0.3) is 0 Å². The van der Waals surface area contributed by atoms with Crippen molar-refractivity contribution < 1.29 is 9.47 Å². The van der Waals surface area contributed by atoms with E-state index in [0.29, 0.717) is 25.0 Å². The van der Waals surface area contributed by atoms with E-state index in [9.17, 15) is 0 Å². The van der Waals surface area contributed by atoms with Crippen molar-refractivity contribution in [1.29, 1.82) is 0 Å². The highest BCUT2D eigenvalue weighted by molar-refractivity contribution is 5.27. The van der Waals surface area contributed by atoms with Crippen molar-refractivity contribution in [2.24, 2.45) is 17.3 Å². The monoisotopic (exact) mass is 286 g/mol. The van der Waals surface area contributed by atoms with Crippen molar-refractivity contribution in [1.82, 2.24) is 0 Å². The topological polar surface area (TPSA) is 18.5 Å². The molecule has 0 amide bonds. The number of rotatable bonds is 4. The van der Waals surface area contributed by atoms with Gasteiger partial charge in [-0.1, -0.05) is 49.1 Å². The Morgan fingerprint density at radius 3 is 2.67 bits per heavy atom. The standard InChI is InChI=1S/C19H26O2/c1-5-6-7-8-18-11-15(4)17(12-18)19(20-9-10-21-19)13-16(18)14(2)3/h5-7,16-17H,1-2,4,8-13H2,3H3/b7-6+/t16-,17+,18+/m0/s1. The summed E-state index contributed by atoms with van der Waals surface area (Å²) in [7, 11) is 0. The van der Waals surface area contributed by atoms with Gasteiger partial charge in [0.1, 0.15) is 0 Å². The fourth-order valence-electron chi connectivity index (χ4n) is 4.76. The Kier molecular flexibility index (Phi) is 3.71. The van der Waals surface area contributed by atoms with Crippen LogP contribution in [0.15, 0.2) is 49.1 Å². The van der Waals surface area contributed by atoms with Crippen molar-refractivity contribution in [3.63, 3.8) is 0 Å². The van der Waals surface area contributed by atoms with Gasteiger partial charge in [0.15, 0.2) is 5.79 Å². The molecule has 2 nitrogen and oxygen atoms in total. The van der Waals surface area contributed by atoms with Gasteiger partial charge in [-0.15, -0.1) is 0 Å². The molecule has 0 aromatic rings. The minimum atomic E-state index is -0.428. The summed E-state index contributed by atoms with van der Waals surface area (Å²) < 4.78 is 12.1. The van der Waals surface area contributed by atoms with Gasteiger partial charge in [0.05, 0.1) is 13.2 Å². The van der Waals surface area contributed by atoms with Gasteiger partial charge < -0.3 is 9.47 Å². The zero-order valence-electron chi connectivity index (χ0n) is 13.1. The van der Waals surface area contributed by atoms with Crippen LogP contribution in [-0.4, -0.2) is 19.0 Å². The van der Waals surface area contributed by atoms with Gasteiger partial charge in [-0.05, 0) is 37.5 Å². The Bertz CT molecular complexity index is 496. The van der Waals surface area contributed by atoms with Crippen LogP contribution in [0.25, 0.3) is 0 Å². The Morgan fingerprint density at radius 2 is 2.05 bits per heavy atom. The molecule has 3 atom stereocenters. The fraction of sp³-hybridized carbons (Fsp3) is 0.579. The molecule has 1 heterocycles. The SMILES string of the molecule is C=C/C=C/C[C@@]12CC(=C)[C@@H](C1)C1(C[C@H]2C(=C)C)OCCO1. The first-order valence-electron chi connectivity index (χ1n) is 7.91. The predicted octanol–water partition coefficient (Wildman–Crippen LogP) is 4.41. The van der Waals surface area contributed by atoms with E-state index >= 15 is 0 Å². The molecular formula is C19H26O2. The maximum absolute atomic E-state index is 6.07. The Morgan fingerprint density at radius 1 is 1.33 bits per heavy atom. The fourth-order valence-corrected chi connectivity index (χ4v) is 4.76. The van der Waals surface area contributed by atoms with Crippen LogP contribution in [0.4, 0.5) is 0 Å². The average molecular weight is 286 g/mol. The average Bonchev–Trinajstić information content (AvgIpc) is 3.00. The summed E-state index contributed by atoms with van der Waals surface area (Å²) >= 11 is 0. The second kappa shape index (κ2) is 5.26. The second-order valence-electron chi connectivity index (χ2n) is 6.93. The molecule has 3 rings (SSSR count). The molecule has 1 aliphatic heterocycles. The molecule has 1 spiro atoms. The summed E-state index contributed by atoms with van der Waals surface area (Å²) in [5, 5.41) is 0. The Balaban J connectivity index is 1.95. The number of hydrogen-bond acceptors (Lipinski definition) is 2.